The molecular formula is C13H14BrNO. The summed E-state index contributed by atoms with van der Waals surface area (Å²) < 4.78 is 6.69. The zero-order chi connectivity index (χ0) is 11.4. The Bertz CT molecular complexity index is 405. The van der Waals surface area contributed by atoms with E-state index in [1.165, 1.54) is 25.7 Å². The molecule has 0 bridgehead atoms. The minimum Gasteiger partial charge on any atom is -0.492 e. The lowest BCUT2D eigenvalue weighted by Gasteiger charge is -2.12. The number of nitriles is 1. The van der Waals surface area contributed by atoms with E-state index in [0.29, 0.717) is 17.2 Å². The van der Waals surface area contributed by atoms with Gasteiger partial charge in [-0.1, -0.05) is 28.8 Å². The third-order valence-corrected chi connectivity index (χ3v) is 3.51. The Morgan fingerprint density at radius 2 is 2.12 bits per heavy atom. The number of rotatable bonds is 3. The van der Waals surface area contributed by atoms with Crippen molar-refractivity contribution in [2.75, 3.05) is 6.61 Å². The van der Waals surface area contributed by atoms with E-state index in [1.54, 1.807) is 6.07 Å². The van der Waals surface area contributed by atoms with Crippen LogP contribution < -0.4 is 4.74 Å². The second-order valence-corrected chi connectivity index (χ2v) is 5.13. The maximum atomic E-state index is 8.96. The molecule has 0 radical (unpaired) electrons. The van der Waals surface area contributed by atoms with Crippen molar-refractivity contribution in [1.29, 1.82) is 5.26 Å². The van der Waals surface area contributed by atoms with Crippen molar-refractivity contribution in [2.24, 2.45) is 5.92 Å². The Morgan fingerprint density at radius 1 is 1.38 bits per heavy atom. The molecular weight excluding hydrogens is 266 g/mol. The zero-order valence-corrected chi connectivity index (χ0v) is 10.7. The first-order valence-electron chi connectivity index (χ1n) is 5.62. The van der Waals surface area contributed by atoms with Gasteiger partial charge < -0.3 is 4.74 Å². The van der Waals surface area contributed by atoms with Gasteiger partial charge in [-0.05, 0) is 37.0 Å². The first-order chi connectivity index (χ1) is 7.79. The fraction of sp³-hybridized carbons (Fsp3) is 0.462. The lowest BCUT2D eigenvalue weighted by molar-refractivity contribution is 0.251. The molecule has 1 saturated carbocycles. The smallest absolute Gasteiger partial charge is 0.138 e. The average Bonchev–Trinajstić information content (AvgIpc) is 2.79. The standard InChI is InChI=1S/C13H14BrNO/c14-12-6-5-11(8-15)13(7-12)16-9-10-3-1-2-4-10/h5-7,10H,1-4,9H2. The summed E-state index contributed by atoms with van der Waals surface area (Å²) in [5, 5.41) is 8.96. The fourth-order valence-electron chi connectivity index (χ4n) is 2.09. The molecule has 0 atom stereocenters. The molecule has 0 saturated heterocycles. The molecule has 1 aromatic rings. The predicted molar refractivity (Wildman–Crippen MR) is 66.3 cm³/mol. The van der Waals surface area contributed by atoms with E-state index < -0.39 is 0 Å². The van der Waals surface area contributed by atoms with Crippen LogP contribution in [0.4, 0.5) is 0 Å². The summed E-state index contributed by atoms with van der Waals surface area (Å²) in [5.41, 5.74) is 0.612. The molecule has 0 amide bonds. The number of halogens is 1. The molecule has 1 aliphatic carbocycles. The van der Waals surface area contributed by atoms with Crippen molar-refractivity contribution in [1.82, 2.24) is 0 Å². The van der Waals surface area contributed by atoms with Crippen molar-refractivity contribution >= 4 is 15.9 Å². The molecule has 1 aliphatic rings. The van der Waals surface area contributed by atoms with E-state index in [-0.39, 0.29) is 0 Å². The summed E-state index contributed by atoms with van der Waals surface area (Å²) in [7, 11) is 0. The third kappa shape index (κ3) is 2.76. The molecule has 84 valence electrons. The zero-order valence-electron chi connectivity index (χ0n) is 9.08. The van der Waals surface area contributed by atoms with Crippen LogP contribution in [0.15, 0.2) is 22.7 Å². The van der Waals surface area contributed by atoms with Crippen LogP contribution in [0, 0.1) is 17.2 Å². The molecule has 1 aromatic carbocycles. The van der Waals surface area contributed by atoms with Gasteiger partial charge in [0.25, 0.3) is 0 Å². The minimum atomic E-state index is 0.612. The van der Waals surface area contributed by atoms with Crippen LogP contribution in [0.25, 0.3) is 0 Å². The summed E-state index contributed by atoms with van der Waals surface area (Å²) in [5.74, 6) is 1.37. The predicted octanol–water partition coefficient (Wildman–Crippen LogP) is 3.89. The van der Waals surface area contributed by atoms with Crippen LogP contribution in [0.1, 0.15) is 31.2 Å². The quantitative estimate of drug-likeness (QED) is 0.841. The van der Waals surface area contributed by atoms with E-state index in [4.69, 9.17) is 10.00 Å². The summed E-state index contributed by atoms with van der Waals surface area (Å²) >= 11 is 3.39. The molecule has 0 spiro atoms. The topological polar surface area (TPSA) is 33.0 Å². The van der Waals surface area contributed by atoms with Crippen molar-refractivity contribution in [3.8, 4) is 11.8 Å². The van der Waals surface area contributed by atoms with Gasteiger partial charge in [-0.25, -0.2) is 0 Å². The van der Waals surface area contributed by atoms with E-state index in [1.807, 2.05) is 12.1 Å². The molecule has 16 heavy (non-hydrogen) atoms. The van der Waals surface area contributed by atoms with Crippen LogP contribution in [0.2, 0.25) is 0 Å². The lowest BCUT2D eigenvalue weighted by atomic mass is 10.1. The second kappa shape index (κ2) is 5.36. The molecule has 2 nitrogen and oxygen atoms in total. The van der Waals surface area contributed by atoms with E-state index in [0.717, 1.165) is 11.1 Å². The minimum absolute atomic E-state index is 0.612. The first-order valence-corrected chi connectivity index (χ1v) is 6.41. The van der Waals surface area contributed by atoms with Gasteiger partial charge in [0.15, 0.2) is 0 Å². The van der Waals surface area contributed by atoms with Gasteiger partial charge in [-0.15, -0.1) is 0 Å². The van der Waals surface area contributed by atoms with E-state index in [9.17, 15) is 0 Å². The summed E-state index contributed by atoms with van der Waals surface area (Å²) in [6, 6.07) is 7.67. The highest BCUT2D eigenvalue weighted by Gasteiger charge is 2.16. The number of ether oxygens (including phenoxy) is 1. The molecule has 2 rings (SSSR count). The normalized spacial score (nSPS) is 16.0. The molecule has 1 fully saturated rings. The number of benzene rings is 1. The summed E-state index contributed by atoms with van der Waals surface area (Å²) in [4.78, 5) is 0. The first kappa shape index (κ1) is 11.5. The molecule has 0 aliphatic heterocycles. The summed E-state index contributed by atoms with van der Waals surface area (Å²) in [6.07, 6.45) is 5.15. The summed E-state index contributed by atoms with van der Waals surface area (Å²) in [6.45, 7) is 0.741. The van der Waals surface area contributed by atoms with Gasteiger partial charge >= 0.3 is 0 Å². The van der Waals surface area contributed by atoms with Crippen LogP contribution in [0.3, 0.4) is 0 Å². The van der Waals surface area contributed by atoms with Gasteiger partial charge in [0.1, 0.15) is 11.8 Å². The monoisotopic (exact) mass is 279 g/mol. The SMILES string of the molecule is N#Cc1ccc(Br)cc1OCC1CCCC1. The van der Waals surface area contributed by atoms with Gasteiger partial charge in [0, 0.05) is 4.47 Å². The highest BCUT2D eigenvalue weighted by Crippen LogP contribution is 2.28. The van der Waals surface area contributed by atoms with E-state index >= 15 is 0 Å². The fourth-order valence-corrected chi connectivity index (χ4v) is 2.43. The van der Waals surface area contributed by atoms with Crippen molar-refractivity contribution < 1.29 is 4.74 Å². The highest BCUT2D eigenvalue weighted by molar-refractivity contribution is 9.10. The Morgan fingerprint density at radius 3 is 2.81 bits per heavy atom. The Balaban J connectivity index is 2.02. The molecule has 0 N–H and O–H groups in total. The maximum absolute atomic E-state index is 8.96. The Labute approximate surface area is 104 Å². The Hall–Kier alpha value is -1.01. The van der Waals surface area contributed by atoms with Crippen molar-refractivity contribution in [2.45, 2.75) is 25.7 Å². The van der Waals surface area contributed by atoms with Crippen molar-refractivity contribution in [3.63, 3.8) is 0 Å². The highest BCUT2D eigenvalue weighted by atomic mass is 79.9. The largest absolute Gasteiger partial charge is 0.492 e. The van der Waals surface area contributed by atoms with Crippen LogP contribution >= 0.6 is 15.9 Å². The molecule has 0 heterocycles. The van der Waals surface area contributed by atoms with Gasteiger partial charge in [0.2, 0.25) is 0 Å². The maximum Gasteiger partial charge on any atom is 0.138 e. The van der Waals surface area contributed by atoms with Gasteiger partial charge in [-0.3, -0.25) is 0 Å². The number of hydrogen-bond donors (Lipinski definition) is 0. The molecule has 0 unspecified atom stereocenters. The second-order valence-electron chi connectivity index (χ2n) is 4.21. The third-order valence-electron chi connectivity index (χ3n) is 3.01. The van der Waals surface area contributed by atoms with Crippen LogP contribution in [-0.4, -0.2) is 6.61 Å². The van der Waals surface area contributed by atoms with Crippen LogP contribution in [0.5, 0.6) is 5.75 Å². The van der Waals surface area contributed by atoms with Crippen LogP contribution in [-0.2, 0) is 0 Å². The van der Waals surface area contributed by atoms with Crippen molar-refractivity contribution in [3.05, 3.63) is 28.2 Å². The lowest BCUT2D eigenvalue weighted by Crippen LogP contribution is -2.08. The van der Waals surface area contributed by atoms with E-state index in [2.05, 4.69) is 22.0 Å². The molecule has 0 aromatic heterocycles. The Kier molecular flexibility index (Phi) is 3.84. The van der Waals surface area contributed by atoms with Gasteiger partial charge in [0.05, 0.1) is 12.2 Å². The van der Waals surface area contributed by atoms with Gasteiger partial charge in [-0.2, -0.15) is 5.26 Å². The number of hydrogen-bond acceptors (Lipinski definition) is 2. The average molecular weight is 280 g/mol. The molecule has 3 heteroatoms. The number of nitrogens with zero attached hydrogens (tertiary/aromatic N) is 1.